The van der Waals surface area contributed by atoms with Gasteiger partial charge in [-0.05, 0) is 4.92 Å². The summed E-state index contributed by atoms with van der Waals surface area (Å²) in [7, 11) is 0. The summed E-state index contributed by atoms with van der Waals surface area (Å²) in [5, 5.41) is 24.6. The quantitative estimate of drug-likeness (QED) is 0.552. The molecule has 2 N–H and O–H groups in total. The molecule has 0 aromatic carbocycles. The Kier molecular flexibility index (Phi) is 2.80. The van der Waals surface area contributed by atoms with E-state index in [1.165, 1.54) is 6.07 Å². The van der Waals surface area contributed by atoms with Crippen LogP contribution in [-0.4, -0.2) is 26.2 Å². The van der Waals surface area contributed by atoms with Crippen LogP contribution in [0, 0.1) is 10.1 Å². The molecule has 1 aromatic rings. The molecule has 0 bridgehead atoms. The van der Waals surface area contributed by atoms with E-state index in [9.17, 15) is 14.9 Å². The molecule has 0 radical (unpaired) electrons. The molecule has 7 heteroatoms. The number of aliphatic carboxylic acids is 1. The molecule has 1 heterocycles. The predicted octanol–water partition coefficient (Wildman–Crippen LogP) is 0.896. The van der Waals surface area contributed by atoms with Crippen LogP contribution >= 0.6 is 0 Å². The van der Waals surface area contributed by atoms with Gasteiger partial charge in [-0.1, -0.05) is 12.0 Å². The Morgan fingerprint density at radius 2 is 2.50 bits per heavy atom. The predicted molar refractivity (Wildman–Crippen MR) is 45.9 cm³/mol. The average molecular weight is 199 g/mol. The standard InChI is InChI=1S/C7H9N3O4/c1-4(2-7(11)12)5-3-6(9-8-5)10(13)14/h3-4H,2H2,1H3,(H,8,9)(H,11,12). The lowest BCUT2D eigenvalue weighted by atomic mass is 10.0. The van der Waals surface area contributed by atoms with Gasteiger partial charge in [-0.2, -0.15) is 0 Å². The Balaban J connectivity index is 2.76. The molecule has 0 spiro atoms. The summed E-state index contributed by atoms with van der Waals surface area (Å²) in [6.07, 6.45) is -0.0952. The minimum absolute atomic E-state index is 0.0952. The number of aromatic amines is 1. The van der Waals surface area contributed by atoms with Crippen LogP contribution in [0.4, 0.5) is 5.82 Å². The first-order valence-electron chi connectivity index (χ1n) is 3.92. The van der Waals surface area contributed by atoms with Crippen LogP contribution < -0.4 is 0 Å². The zero-order chi connectivity index (χ0) is 10.7. The van der Waals surface area contributed by atoms with E-state index >= 15 is 0 Å². The first kappa shape index (κ1) is 10.2. The van der Waals surface area contributed by atoms with Crippen molar-refractivity contribution in [1.82, 2.24) is 10.2 Å². The van der Waals surface area contributed by atoms with E-state index in [1.807, 2.05) is 0 Å². The van der Waals surface area contributed by atoms with E-state index in [2.05, 4.69) is 10.2 Å². The normalized spacial score (nSPS) is 12.4. The van der Waals surface area contributed by atoms with Gasteiger partial charge >= 0.3 is 11.8 Å². The zero-order valence-electron chi connectivity index (χ0n) is 7.43. The summed E-state index contributed by atoms with van der Waals surface area (Å²) >= 11 is 0. The number of H-pyrrole nitrogens is 1. The van der Waals surface area contributed by atoms with Crippen LogP contribution in [0.25, 0.3) is 0 Å². The minimum Gasteiger partial charge on any atom is -0.481 e. The van der Waals surface area contributed by atoms with E-state index in [4.69, 9.17) is 5.11 Å². The number of nitrogens with zero attached hydrogens (tertiary/aromatic N) is 2. The lowest BCUT2D eigenvalue weighted by Crippen LogP contribution is -2.02. The molecule has 0 saturated heterocycles. The van der Waals surface area contributed by atoms with Crippen LogP contribution in [0.3, 0.4) is 0 Å². The van der Waals surface area contributed by atoms with Crippen molar-refractivity contribution in [3.63, 3.8) is 0 Å². The fourth-order valence-electron chi connectivity index (χ4n) is 1.04. The highest BCUT2D eigenvalue weighted by Gasteiger charge is 2.17. The van der Waals surface area contributed by atoms with E-state index in [-0.39, 0.29) is 18.2 Å². The Morgan fingerprint density at radius 1 is 1.86 bits per heavy atom. The van der Waals surface area contributed by atoms with Crippen LogP contribution in [-0.2, 0) is 4.79 Å². The Morgan fingerprint density at radius 3 is 2.93 bits per heavy atom. The van der Waals surface area contributed by atoms with Crippen LogP contribution in [0.5, 0.6) is 0 Å². The summed E-state index contributed by atoms with van der Waals surface area (Å²) < 4.78 is 0. The molecule has 0 fully saturated rings. The van der Waals surface area contributed by atoms with E-state index < -0.39 is 10.9 Å². The first-order chi connectivity index (χ1) is 6.50. The molecule has 1 aromatic heterocycles. The van der Waals surface area contributed by atoms with Gasteiger partial charge < -0.3 is 15.2 Å². The van der Waals surface area contributed by atoms with E-state index in [0.717, 1.165) is 0 Å². The Hall–Kier alpha value is -1.92. The van der Waals surface area contributed by atoms with Gasteiger partial charge in [0.1, 0.15) is 0 Å². The van der Waals surface area contributed by atoms with E-state index in [0.29, 0.717) is 5.69 Å². The topological polar surface area (TPSA) is 109 Å². The molecule has 76 valence electrons. The van der Waals surface area contributed by atoms with Gasteiger partial charge in [0.05, 0.1) is 18.2 Å². The Labute approximate surface area is 78.9 Å². The van der Waals surface area contributed by atoms with Crippen molar-refractivity contribution < 1.29 is 14.8 Å². The molecule has 0 saturated carbocycles. The smallest absolute Gasteiger partial charge is 0.342 e. The summed E-state index contributed by atoms with van der Waals surface area (Å²) in [5.41, 5.74) is 0.388. The van der Waals surface area contributed by atoms with Crippen molar-refractivity contribution in [3.05, 3.63) is 21.9 Å². The molecule has 1 unspecified atom stereocenters. The SMILES string of the molecule is CC(CC(=O)O)c1cc([N+](=O)[O-])[nH]n1. The molecule has 0 aliphatic rings. The molecular weight excluding hydrogens is 190 g/mol. The second-order valence-corrected chi connectivity index (χ2v) is 2.93. The number of nitro groups is 1. The number of hydrogen-bond donors (Lipinski definition) is 2. The van der Waals surface area contributed by atoms with Crippen molar-refractivity contribution in [2.24, 2.45) is 0 Å². The number of rotatable bonds is 4. The van der Waals surface area contributed by atoms with Gasteiger partial charge in [0.2, 0.25) is 0 Å². The maximum atomic E-state index is 10.4. The highest BCUT2D eigenvalue weighted by atomic mass is 16.6. The molecule has 1 atom stereocenters. The van der Waals surface area contributed by atoms with Crippen LogP contribution in [0.1, 0.15) is 25.0 Å². The largest absolute Gasteiger partial charge is 0.481 e. The third-order valence-corrected chi connectivity index (χ3v) is 1.77. The number of nitrogens with one attached hydrogen (secondary N) is 1. The van der Waals surface area contributed by atoms with Gasteiger partial charge in [0.15, 0.2) is 0 Å². The van der Waals surface area contributed by atoms with E-state index in [1.54, 1.807) is 6.92 Å². The highest BCUT2D eigenvalue weighted by molar-refractivity contribution is 5.67. The van der Waals surface area contributed by atoms with Crippen molar-refractivity contribution in [3.8, 4) is 0 Å². The number of carboxylic acids is 1. The monoisotopic (exact) mass is 199 g/mol. The number of carbonyl (C=O) groups is 1. The molecule has 14 heavy (non-hydrogen) atoms. The maximum Gasteiger partial charge on any atom is 0.342 e. The van der Waals surface area contributed by atoms with Gasteiger partial charge in [0.25, 0.3) is 0 Å². The van der Waals surface area contributed by atoms with Gasteiger partial charge in [-0.25, -0.2) is 0 Å². The fourth-order valence-corrected chi connectivity index (χ4v) is 1.04. The highest BCUT2D eigenvalue weighted by Crippen LogP contribution is 2.19. The van der Waals surface area contributed by atoms with Crippen molar-refractivity contribution >= 4 is 11.8 Å². The Bertz CT molecular complexity index is 360. The third-order valence-electron chi connectivity index (χ3n) is 1.77. The summed E-state index contributed by atoms with van der Waals surface area (Å²) in [5.74, 6) is -1.52. The molecule has 1 rings (SSSR count). The van der Waals surface area contributed by atoms with Gasteiger partial charge in [-0.3, -0.25) is 4.79 Å². The zero-order valence-corrected chi connectivity index (χ0v) is 7.43. The number of hydrogen-bond acceptors (Lipinski definition) is 4. The van der Waals surface area contributed by atoms with Crippen LogP contribution in [0.15, 0.2) is 6.07 Å². The summed E-state index contributed by atoms with van der Waals surface area (Å²) in [4.78, 5) is 20.0. The second-order valence-electron chi connectivity index (χ2n) is 2.93. The van der Waals surface area contributed by atoms with Gasteiger partial charge in [0, 0.05) is 5.92 Å². The first-order valence-corrected chi connectivity index (χ1v) is 3.92. The molecule has 0 aliphatic carbocycles. The van der Waals surface area contributed by atoms with Crippen molar-refractivity contribution in [1.29, 1.82) is 0 Å². The summed E-state index contributed by atoms with van der Waals surface area (Å²) in [6.45, 7) is 1.65. The average Bonchev–Trinajstić information content (AvgIpc) is 2.50. The molecule has 0 aliphatic heterocycles. The fraction of sp³-hybridized carbons (Fsp3) is 0.429. The van der Waals surface area contributed by atoms with Crippen molar-refractivity contribution in [2.75, 3.05) is 0 Å². The lowest BCUT2D eigenvalue weighted by Gasteiger charge is -2.01. The molecular formula is C7H9N3O4. The third kappa shape index (κ3) is 2.28. The minimum atomic E-state index is -0.955. The second kappa shape index (κ2) is 3.86. The maximum absolute atomic E-state index is 10.4. The van der Waals surface area contributed by atoms with Gasteiger partial charge in [-0.15, -0.1) is 5.10 Å². The van der Waals surface area contributed by atoms with Crippen molar-refractivity contribution in [2.45, 2.75) is 19.3 Å². The lowest BCUT2D eigenvalue weighted by molar-refractivity contribution is -0.389. The summed E-state index contributed by atoms with van der Waals surface area (Å²) in [6, 6.07) is 1.24. The van der Waals surface area contributed by atoms with Crippen LogP contribution in [0.2, 0.25) is 0 Å². The number of carboxylic acid groups (broad SMARTS) is 1. The molecule has 7 nitrogen and oxygen atoms in total. The molecule has 0 amide bonds. The number of aromatic nitrogens is 2.